The highest BCUT2D eigenvalue weighted by Gasteiger charge is 2.47. The maximum absolute atomic E-state index is 11.9. The number of carbonyl (C=O) groups is 2. The molecule has 1 aliphatic rings. The van der Waals surface area contributed by atoms with Crippen molar-refractivity contribution in [3.8, 4) is 0 Å². The Bertz CT molecular complexity index is 451. The molecule has 0 spiro atoms. The van der Waals surface area contributed by atoms with Crippen LogP contribution in [0.2, 0.25) is 0 Å². The van der Waals surface area contributed by atoms with Gasteiger partial charge in [-0.3, -0.25) is 14.5 Å². The zero-order valence-electron chi connectivity index (χ0n) is 13.9. The minimum atomic E-state index is -1.10. The van der Waals surface area contributed by atoms with E-state index in [0.29, 0.717) is 12.2 Å². The van der Waals surface area contributed by atoms with Gasteiger partial charge in [0.15, 0.2) is 12.0 Å². The van der Waals surface area contributed by atoms with Crippen LogP contribution in [0, 0.1) is 0 Å². The molecule has 0 aromatic rings. The van der Waals surface area contributed by atoms with Crippen molar-refractivity contribution in [2.24, 2.45) is 0 Å². The summed E-state index contributed by atoms with van der Waals surface area (Å²) in [5, 5.41) is 19.5. The Morgan fingerprint density at radius 2 is 1.91 bits per heavy atom. The zero-order chi connectivity index (χ0) is 17.6. The number of nitrogens with zero attached hydrogens (tertiary/aromatic N) is 1. The Balaban J connectivity index is 3.02. The number of rotatable bonds is 8. The maximum Gasteiger partial charge on any atom is 0.225 e. The highest BCUT2D eigenvalue weighted by molar-refractivity contribution is 5.93. The molecule has 0 radical (unpaired) electrons. The summed E-state index contributed by atoms with van der Waals surface area (Å²) in [7, 11) is 1.51. The van der Waals surface area contributed by atoms with E-state index in [1.54, 1.807) is 6.92 Å². The van der Waals surface area contributed by atoms with E-state index >= 15 is 0 Å². The zero-order valence-corrected chi connectivity index (χ0v) is 13.9. The van der Waals surface area contributed by atoms with Crippen LogP contribution in [0.4, 0.5) is 0 Å². The van der Waals surface area contributed by atoms with Gasteiger partial charge in [0.25, 0.3) is 0 Å². The number of carbonyl (C=O) groups excluding carboxylic acids is 2. The normalized spacial score (nSPS) is 28.0. The number of allylic oxidation sites excluding steroid dienone is 1. The standard InChI is InChI=1S/C15H25NO7/c1-9(10(2)18)7-16(11(3)19)15-14(22-6-5-21-4)13(20)12(8-17)23-15/h7,12-15,17,20H,5-6,8H2,1-4H3/b9-7-/t12?,13-,14-,15-/m1/s1. The lowest BCUT2D eigenvalue weighted by atomic mass is 10.1. The first-order valence-corrected chi connectivity index (χ1v) is 7.36. The molecule has 1 fully saturated rings. The third kappa shape index (κ3) is 5.08. The van der Waals surface area contributed by atoms with Gasteiger partial charge < -0.3 is 24.4 Å². The predicted molar refractivity (Wildman–Crippen MR) is 80.3 cm³/mol. The van der Waals surface area contributed by atoms with Crippen molar-refractivity contribution in [2.45, 2.75) is 45.3 Å². The summed E-state index contributed by atoms with van der Waals surface area (Å²) in [5.41, 5.74) is 0.362. The lowest BCUT2D eigenvalue weighted by Gasteiger charge is -2.29. The van der Waals surface area contributed by atoms with Crippen LogP contribution >= 0.6 is 0 Å². The van der Waals surface area contributed by atoms with Crippen LogP contribution in [0.3, 0.4) is 0 Å². The van der Waals surface area contributed by atoms with Gasteiger partial charge in [-0.25, -0.2) is 0 Å². The molecule has 1 rings (SSSR count). The van der Waals surface area contributed by atoms with Gasteiger partial charge in [-0.1, -0.05) is 0 Å². The second-order valence-electron chi connectivity index (χ2n) is 5.36. The Kier molecular flexibility index (Phi) is 7.80. The Labute approximate surface area is 135 Å². The Morgan fingerprint density at radius 3 is 2.39 bits per heavy atom. The number of aliphatic hydroxyl groups is 2. The average Bonchev–Trinajstić information content (AvgIpc) is 2.80. The second kappa shape index (κ2) is 9.09. The van der Waals surface area contributed by atoms with Gasteiger partial charge in [-0.05, 0) is 13.8 Å². The lowest BCUT2D eigenvalue weighted by molar-refractivity contribution is -0.147. The highest BCUT2D eigenvalue weighted by Crippen LogP contribution is 2.27. The average molecular weight is 331 g/mol. The molecule has 0 saturated carbocycles. The molecule has 132 valence electrons. The summed E-state index contributed by atoms with van der Waals surface area (Å²) < 4.78 is 16.0. The molecular weight excluding hydrogens is 306 g/mol. The molecule has 4 atom stereocenters. The third-order valence-corrected chi connectivity index (χ3v) is 3.62. The number of hydrogen-bond acceptors (Lipinski definition) is 7. The van der Waals surface area contributed by atoms with Gasteiger partial charge in [0.1, 0.15) is 18.3 Å². The number of ether oxygens (including phenoxy) is 3. The molecule has 1 saturated heterocycles. The molecule has 1 amide bonds. The summed E-state index contributed by atoms with van der Waals surface area (Å²) in [5.74, 6) is -0.563. The molecule has 0 bridgehead atoms. The summed E-state index contributed by atoms with van der Waals surface area (Å²) in [6.07, 6.45) is -2.41. The molecule has 1 heterocycles. The van der Waals surface area contributed by atoms with Gasteiger partial charge in [-0.2, -0.15) is 0 Å². The van der Waals surface area contributed by atoms with Crippen LogP contribution in [0.15, 0.2) is 11.8 Å². The maximum atomic E-state index is 11.9. The van der Waals surface area contributed by atoms with E-state index < -0.39 is 31.1 Å². The van der Waals surface area contributed by atoms with Crippen molar-refractivity contribution in [3.63, 3.8) is 0 Å². The fourth-order valence-electron chi connectivity index (χ4n) is 2.18. The van der Waals surface area contributed by atoms with Crippen LogP contribution in [-0.4, -0.2) is 78.3 Å². The van der Waals surface area contributed by atoms with E-state index in [4.69, 9.17) is 14.2 Å². The smallest absolute Gasteiger partial charge is 0.225 e. The van der Waals surface area contributed by atoms with E-state index in [1.165, 1.54) is 32.1 Å². The van der Waals surface area contributed by atoms with Gasteiger partial charge >= 0.3 is 0 Å². The van der Waals surface area contributed by atoms with Gasteiger partial charge in [0.2, 0.25) is 5.91 Å². The van der Waals surface area contributed by atoms with E-state index in [0.717, 1.165) is 0 Å². The van der Waals surface area contributed by atoms with E-state index in [2.05, 4.69) is 0 Å². The highest BCUT2D eigenvalue weighted by atomic mass is 16.6. The first kappa shape index (κ1) is 19.7. The van der Waals surface area contributed by atoms with Gasteiger partial charge in [0, 0.05) is 25.8 Å². The lowest BCUT2D eigenvalue weighted by Crippen LogP contribution is -2.45. The van der Waals surface area contributed by atoms with Gasteiger partial charge in [0.05, 0.1) is 19.8 Å². The van der Waals surface area contributed by atoms with E-state index in [1.807, 2.05) is 0 Å². The summed E-state index contributed by atoms with van der Waals surface area (Å²) in [6.45, 7) is 4.37. The summed E-state index contributed by atoms with van der Waals surface area (Å²) in [6, 6.07) is 0. The van der Waals surface area contributed by atoms with Crippen molar-refractivity contribution in [1.29, 1.82) is 0 Å². The summed E-state index contributed by atoms with van der Waals surface area (Å²) in [4.78, 5) is 24.5. The molecule has 23 heavy (non-hydrogen) atoms. The molecule has 0 aliphatic carbocycles. The molecule has 8 heteroatoms. The number of hydrogen-bond donors (Lipinski definition) is 2. The second-order valence-corrected chi connectivity index (χ2v) is 5.36. The van der Waals surface area contributed by atoms with Crippen molar-refractivity contribution in [2.75, 3.05) is 26.9 Å². The van der Waals surface area contributed by atoms with Gasteiger partial charge in [-0.15, -0.1) is 0 Å². The number of methoxy groups -OCH3 is 1. The van der Waals surface area contributed by atoms with Crippen molar-refractivity contribution in [1.82, 2.24) is 4.90 Å². The molecule has 0 aromatic carbocycles. The first-order chi connectivity index (χ1) is 10.8. The minimum absolute atomic E-state index is 0.189. The van der Waals surface area contributed by atoms with Crippen LogP contribution in [0.25, 0.3) is 0 Å². The van der Waals surface area contributed by atoms with Crippen LogP contribution in [0.5, 0.6) is 0 Å². The molecule has 1 unspecified atom stereocenters. The van der Waals surface area contributed by atoms with E-state index in [9.17, 15) is 19.8 Å². The van der Waals surface area contributed by atoms with E-state index in [-0.39, 0.29) is 18.3 Å². The number of Topliss-reactive ketones (excluding diaryl/α,β-unsaturated/α-hetero) is 1. The Hall–Kier alpha value is -1.32. The fourth-order valence-corrected chi connectivity index (χ4v) is 2.18. The molecule has 2 N–H and O–H groups in total. The largest absolute Gasteiger partial charge is 0.394 e. The first-order valence-electron chi connectivity index (χ1n) is 7.36. The van der Waals surface area contributed by atoms with Crippen LogP contribution in [-0.2, 0) is 23.8 Å². The number of ketones is 1. The topological polar surface area (TPSA) is 106 Å². The minimum Gasteiger partial charge on any atom is -0.394 e. The molecule has 8 nitrogen and oxygen atoms in total. The predicted octanol–water partition coefficient (Wildman–Crippen LogP) is -0.563. The third-order valence-electron chi connectivity index (χ3n) is 3.62. The molecule has 0 aromatic heterocycles. The molecule has 1 aliphatic heterocycles. The summed E-state index contributed by atoms with van der Waals surface area (Å²) >= 11 is 0. The van der Waals surface area contributed by atoms with Crippen molar-refractivity contribution in [3.05, 3.63) is 11.8 Å². The van der Waals surface area contributed by atoms with Crippen LogP contribution in [0.1, 0.15) is 20.8 Å². The quantitative estimate of drug-likeness (QED) is 0.453. The molecular formula is C15H25NO7. The monoisotopic (exact) mass is 331 g/mol. The van der Waals surface area contributed by atoms with Crippen molar-refractivity contribution >= 4 is 11.7 Å². The van der Waals surface area contributed by atoms with Crippen LogP contribution < -0.4 is 0 Å². The van der Waals surface area contributed by atoms with Crippen molar-refractivity contribution < 1.29 is 34.0 Å². The Morgan fingerprint density at radius 1 is 1.26 bits per heavy atom. The SMILES string of the molecule is COCCO[C@@H]1[C@H](O)C(CO)O[C@H]1N(/C=C(/C)C(C)=O)C(C)=O. The number of aliphatic hydroxyl groups excluding tert-OH is 2. The number of amides is 1. The fraction of sp³-hybridized carbons (Fsp3) is 0.733.